The van der Waals surface area contributed by atoms with Crippen molar-refractivity contribution in [2.45, 2.75) is 31.5 Å². The van der Waals surface area contributed by atoms with Gasteiger partial charge in [0.1, 0.15) is 6.61 Å². The SMILES string of the molecule is CCOC(=O)OCc1cc(-n2nc(C(F)(F)F)cc2-c2ccc(C)cc2)ccc1S(C)(=O)=O. The van der Waals surface area contributed by atoms with E-state index in [-0.39, 0.29) is 28.4 Å². The third-order valence-corrected chi connectivity index (χ3v) is 5.84. The summed E-state index contributed by atoms with van der Waals surface area (Å²) in [6.45, 7) is 3.03. The molecule has 3 aromatic rings. The van der Waals surface area contributed by atoms with Gasteiger partial charge in [-0.25, -0.2) is 17.9 Å². The quantitative estimate of drug-likeness (QED) is 0.463. The first kappa shape index (κ1) is 24.3. The number of rotatable bonds is 6. The van der Waals surface area contributed by atoms with Crippen molar-refractivity contribution in [1.29, 1.82) is 0 Å². The van der Waals surface area contributed by atoms with E-state index in [9.17, 15) is 26.4 Å². The number of aromatic nitrogens is 2. The van der Waals surface area contributed by atoms with Crippen LogP contribution in [0, 0.1) is 6.92 Å². The Balaban J connectivity index is 2.15. The Morgan fingerprint density at radius 1 is 1.06 bits per heavy atom. The van der Waals surface area contributed by atoms with Crippen molar-refractivity contribution in [1.82, 2.24) is 9.78 Å². The van der Waals surface area contributed by atoms with Gasteiger partial charge in [-0.05, 0) is 38.1 Å². The van der Waals surface area contributed by atoms with Crippen LogP contribution in [0.15, 0.2) is 53.4 Å². The molecule has 11 heteroatoms. The highest BCUT2D eigenvalue weighted by molar-refractivity contribution is 7.90. The van der Waals surface area contributed by atoms with Gasteiger partial charge in [-0.15, -0.1) is 0 Å². The van der Waals surface area contributed by atoms with Crippen LogP contribution in [0.25, 0.3) is 16.9 Å². The number of hydrogen-bond acceptors (Lipinski definition) is 6. The average molecular weight is 482 g/mol. The third-order valence-electron chi connectivity index (χ3n) is 4.64. The lowest BCUT2D eigenvalue weighted by Gasteiger charge is -2.13. The summed E-state index contributed by atoms with van der Waals surface area (Å²) >= 11 is 0. The molecule has 0 aliphatic heterocycles. The molecule has 0 N–H and O–H groups in total. The van der Waals surface area contributed by atoms with Crippen molar-refractivity contribution in [2.75, 3.05) is 12.9 Å². The van der Waals surface area contributed by atoms with Gasteiger partial charge in [-0.2, -0.15) is 18.3 Å². The van der Waals surface area contributed by atoms with Crippen molar-refractivity contribution in [3.05, 3.63) is 65.4 Å². The minimum atomic E-state index is -4.69. The zero-order valence-corrected chi connectivity index (χ0v) is 18.8. The molecule has 1 aromatic heterocycles. The molecule has 0 spiro atoms. The molecule has 0 saturated carbocycles. The lowest BCUT2D eigenvalue weighted by molar-refractivity contribution is -0.141. The first-order valence-corrected chi connectivity index (χ1v) is 11.7. The molecule has 3 rings (SSSR count). The first-order chi connectivity index (χ1) is 15.4. The maximum absolute atomic E-state index is 13.4. The van der Waals surface area contributed by atoms with Crippen molar-refractivity contribution in [3.63, 3.8) is 0 Å². The third kappa shape index (κ3) is 5.72. The molecule has 0 unspecified atom stereocenters. The summed E-state index contributed by atoms with van der Waals surface area (Å²) in [6, 6.07) is 11.7. The molecule has 0 atom stereocenters. The summed E-state index contributed by atoms with van der Waals surface area (Å²) in [5.41, 5.74) is 0.705. The van der Waals surface area contributed by atoms with E-state index in [0.717, 1.165) is 22.6 Å². The Morgan fingerprint density at radius 3 is 2.30 bits per heavy atom. The van der Waals surface area contributed by atoms with E-state index in [2.05, 4.69) is 9.84 Å². The highest BCUT2D eigenvalue weighted by Crippen LogP contribution is 2.34. The second-order valence-corrected chi connectivity index (χ2v) is 9.21. The molecule has 1 heterocycles. The van der Waals surface area contributed by atoms with Gasteiger partial charge in [0, 0.05) is 17.4 Å². The molecule has 0 saturated heterocycles. The number of nitrogens with zero attached hydrogens (tertiary/aromatic N) is 2. The van der Waals surface area contributed by atoms with Gasteiger partial charge in [0.15, 0.2) is 15.5 Å². The summed E-state index contributed by atoms with van der Waals surface area (Å²) in [4.78, 5) is 11.4. The van der Waals surface area contributed by atoms with Crippen LogP contribution in [-0.4, -0.2) is 37.2 Å². The van der Waals surface area contributed by atoms with Crippen molar-refractivity contribution in [2.24, 2.45) is 0 Å². The van der Waals surface area contributed by atoms with Crippen LogP contribution in [0.1, 0.15) is 23.7 Å². The fourth-order valence-electron chi connectivity index (χ4n) is 3.11. The topological polar surface area (TPSA) is 87.5 Å². The Kier molecular flexibility index (Phi) is 6.82. The summed E-state index contributed by atoms with van der Waals surface area (Å²) < 4.78 is 75.4. The van der Waals surface area contributed by atoms with Gasteiger partial charge in [0.2, 0.25) is 0 Å². The minimum absolute atomic E-state index is 0.0607. The lowest BCUT2D eigenvalue weighted by atomic mass is 10.1. The number of sulfone groups is 1. The number of alkyl halides is 3. The number of benzene rings is 2. The van der Waals surface area contributed by atoms with E-state index in [1.54, 1.807) is 31.2 Å². The van der Waals surface area contributed by atoms with Gasteiger partial charge >= 0.3 is 12.3 Å². The average Bonchev–Trinajstić information content (AvgIpc) is 3.18. The van der Waals surface area contributed by atoms with Crippen molar-refractivity contribution in [3.8, 4) is 16.9 Å². The maximum atomic E-state index is 13.4. The monoisotopic (exact) mass is 482 g/mol. The molecule has 0 amide bonds. The van der Waals surface area contributed by atoms with E-state index in [0.29, 0.717) is 5.56 Å². The van der Waals surface area contributed by atoms with Crippen LogP contribution in [-0.2, 0) is 32.1 Å². The molecule has 0 aliphatic rings. The van der Waals surface area contributed by atoms with E-state index in [4.69, 9.17) is 4.74 Å². The first-order valence-electron chi connectivity index (χ1n) is 9.77. The second-order valence-electron chi connectivity index (χ2n) is 7.23. The van der Waals surface area contributed by atoms with Crippen molar-refractivity contribution < 1.29 is 35.9 Å². The Morgan fingerprint density at radius 2 is 1.73 bits per heavy atom. The van der Waals surface area contributed by atoms with Crippen LogP contribution >= 0.6 is 0 Å². The zero-order chi connectivity index (χ0) is 24.4. The molecule has 0 bridgehead atoms. The number of aryl methyl sites for hydroxylation is 1. The number of carbonyl (C=O) groups excluding carboxylic acids is 1. The standard InChI is InChI=1S/C22H21F3N2O5S/c1-4-31-21(28)32-13-16-11-17(9-10-19(16)33(3,29)30)27-18(12-20(26-27)22(23,24)25)15-7-5-14(2)6-8-15/h5-12H,4,13H2,1-3H3. The van der Waals surface area contributed by atoms with E-state index in [1.165, 1.54) is 18.2 Å². The van der Waals surface area contributed by atoms with E-state index < -0.39 is 34.5 Å². The number of halogens is 3. The normalized spacial score (nSPS) is 11.9. The maximum Gasteiger partial charge on any atom is 0.508 e. The number of ether oxygens (including phenoxy) is 2. The van der Waals surface area contributed by atoms with Crippen LogP contribution < -0.4 is 0 Å². The molecular weight excluding hydrogens is 461 g/mol. The molecule has 2 aromatic carbocycles. The minimum Gasteiger partial charge on any atom is -0.435 e. The summed E-state index contributed by atoms with van der Waals surface area (Å²) in [6.07, 6.45) is -4.71. The van der Waals surface area contributed by atoms with Crippen LogP contribution in [0.5, 0.6) is 0 Å². The molecule has 176 valence electrons. The van der Waals surface area contributed by atoms with Gasteiger partial charge in [-0.1, -0.05) is 29.8 Å². The smallest absolute Gasteiger partial charge is 0.435 e. The Labute approximate surface area is 188 Å². The highest BCUT2D eigenvalue weighted by atomic mass is 32.2. The highest BCUT2D eigenvalue weighted by Gasteiger charge is 2.35. The molecular formula is C22H21F3N2O5S. The fourth-order valence-corrected chi connectivity index (χ4v) is 4.02. The largest absolute Gasteiger partial charge is 0.508 e. The molecule has 7 nitrogen and oxygen atoms in total. The summed E-state index contributed by atoms with van der Waals surface area (Å²) in [7, 11) is -3.72. The molecule has 33 heavy (non-hydrogen) atoms. The second kappa shape index (κ2) is 9.26. The molecule has 0 aliphatic carbocycles. The molecule has 0 radical (unpaired) electrons. The lowest BCUT2D eigenvalue weighted by Crippen LogP contribution is -2.11. The van der Waals surface area contributed by atoms with E-state index in [1.807, 2.05) is 6.92 Å². The van der Waals surface area contributed by atoms with Gasteiger partial charge in [-0.3, -0.25) is 0 Å². The fraction of sp³-hybridized carbons (Fsp3) is 0.273. The van der Waals surface area contributed by atoms with Crippen LogP contribution in [0.4, 0.5) is 18.0 Å². The van der Waals surface area contributed by atoms with Crippen LogP contribution in [0.2, 0.25) is 0 Å². The predicted octanol–water partition coefficient (Wildman–Crippen LogP) is 4.94. The van der Waals surface area contributed by atoms with Gasteiger partial charge in [0.05, 0.1) is 22.9 Å². The van der Waals surface area contributed by atoms with Crippen LogP contribution in [0.3, 0.4) is 0 Å². The van der Waals surface area contributed by atoms with Gasteiger partial charge in [0.25, 0.3) is 0 Å². The summed E-state index contributed by atoms with van der Waals surface area (Å²) in [5, 5.41) is 3.72. The number of hydrogen-bond donors (Lipinski definition) is 0. The van der Waals surface area contributed by atoms with Crippen molar-refractivity contribution >= 4 is 16.0 Å². The van der Waals surface area contributed by atoms with E-state index >= 15 is 0 Å². The Bertz CT molecular complexity index is 1270. The zero-order valence-electron chi connectivity index (χ0n) is 18.0. The Hall–Kier alpha value is -3.34. The predicted molar refractivity (Wildman–Crippen MR) is 114 cm³/mol. The summed E-state index contributed by atoms with van der Waals surface area (Å²) in [5.74, 6) is 0. The number of carbonyl (C=O) groups is 1. The van der Waals surface area contributed by atoms with Gasteiger partial charge < -0.3 is 9.47 Å². The molecule has 0 fully saturated rings.